The maximum atomic E-state index is 11.3. The molecule has 0 unspecified atom stereocenters. The summed E-state index contributed by atoms with van der Waals surface area (Å²) in [5.74, 6) is 0.239. The number of phenols is 1. The van der Waals surface area contributed by atoms with Crippen LogP contribution in [0.3, 0.4) is 0 Å². The summed E-state index contributed by atoms with van der Waals surface area (Å²) in [7, 11) is 0. The van der Waals surface area contributed by atoms with Crippen molar-refractivity contribution in [1.82, 2.24) is 4.98 Å². The molecule has 1 heterocycles. The van der Waals surface area contributed by atoms with Gasteiger partial charge in [0, 0.05) is 11.1 Å². The highest BCUT2D eigenvalue weighted by Crippen LogP contribution is 2.41. The zero-order valence-corrected chi connectivity index (χ0v) is 23.6. The first-order valence-corrected chi connectivity index (χ1v) is 13.4. The second kappa shape index (κ2) is 11.5. The number of phenolic OH excluding ortho intramolecular Hbond substituents is 1. The van der Waals surface area contributed by atoms with Gasteiger partial charge in [-0.1, -0.05) is 84.4 Å². The van der Waals surface area contributed by atoms with Crippen molar-refractivity contribution in [2.75, 3.05) is 0 Å². The van der Waals surface area contributed by atoms with Crippen LogP contribution in [0, 0.1) is 20.8 Å². The van der Waals surface area contributed by atoms with Gasteiger partial charge >= 0.3 is 0 Å². The number of hydrogen-bond acceptors (Lipinski definition) is 4. The smallest absolute Gasteiger partial charge is 0.131 e. The maximum absolute atomic E-state index is 11.3. The summed E-state index contributed by atoms with van der Waals surface area (Å²) in [4.78, 5) is 14.8. The van der Waals surface area contributed by atoms with Crippen molar-refractivity contribution in [1.29, 1.82) is 0 Å². The van der Waals surface area contributed by atoms with Crippen LogP contribution in [0.5, 0.6) is 5.75 Å². The van der Waals surface area contributed by atoms with E-state index in [1.807, 2.05) is 105 Å². The normalized spacial score (nSPS) is 12.0. The van der Waals surface area contributed by atoms with E-state index in [2.05, 4.69) is 32.9 Å². The van der Waals surface area contributed by atoms with Gasteiger partial charge in [0.05, 0.1) is 34.2 Å². The molecule has 0 bridgehead atoms. The monoisotopic (exact) mass is 523 g/mol. The molecule has 5 rings (SSSR count). The molecule has 0 saturated heterocycles. The van der Waals surface area contributed by atoms with E-state index < -0.39 is 0 Å². The lowest BCUT2D eigenvalue weighted by molar-refractivity contribution is 0.479. The molecular formula is C36H33N3O. The molecule has 0 fully saturated rings. The number of hydrogen-bond donors (Lipinski definition) is 1. The van der Waals surface area contributed by atoms with E-state index in [1.54, 1.807) is 0 Å². The third-order valence-corrected chi connectivity index (χ3v) is 6.97. The molecule has 4 heteroatoms. The molecule has 0 atom stereocenters. The zero-order chi connectivity index (χ0) is 28.2. The Kier molecular flexibility index (Phi) is 7.70. The Bertz CT molecular complexity index is 1650. The lowest BCUT2D eigenvalue weighted by Gasteiger charge is -2.13. The van der Waals surface area contributed by atoms with E-state index in [0.717, 1.165) is 67.6 Å². The minimum atomic E-state index is 0.239. The first kappa shape index (κ1) is 26.8. The summed E-state index contributed by atoms with van der Waals surface area (Å²) in [5.41, 5.74) is 11.8. The Morgan fingerprint density at radius 1 is 0.600 bits per heavy atom. The predicted octanol–water partition coefficient (Wildman–Crippen LogP) is 9.33. The molecule has 0 spiro atoms. The van der Waals surface area contributed by atoms with Gasteiger partial charge in [-0.25, -0.2) is 4.98 Å². The average molecular weight is 524 g/mol. The van der Waals surface area contributed by atoms with Crippen LogP contribution in [0.15, 0.2) is 113 Å². The van der Waals surface area contributed by atoms with Crippen molar-refractivity contribution in [3.8, 4) is 28.0 Å². The van der Waals surface area contributed by atoms with Gasteiger partial charge in [0.1, 0.15) is 5.75 Å². The minimum Gasteiger partial charge on any atom is -0.507 e. The van der Waals surface area contributed by atoms with E-state index in [1.165, 1.54) is 5.56 Å². The highest BCUT2D eigenvalue weighted by Gasteiger charge is 2.14. The molecule has 0 amide bonds. The molecule has 1 aromatic heterocycles. The van der Waals surface area contributed by atoms with Gasteiger partial charge in [0.2, 0.25) is 0 Å². The molecule has 4 aromatic carbocycles. The Labute approximate surface area is 236 Å². The zero-order valence-electron chi connectivity index (χ0n) is 23.6. The first-order valence-electron chi connectivity index (χ1n) is 13.4. The van der Waals surface area contributed by atoms with Crippen molar-refractivity contribution in [3.63, 3.8) is 0 Å². The largest absolute Gasteiger partial charge is 0.507 e. The van der Waals surface area contributed by atoms with Gasteiger partial charge in [0.15, 0.2) is 0 Å². The van der Waals surface area contributed by atoms with E-state index in [0.29, 0.717) is 0 Å². The fourth-order valence-corrected chi connectivity index (χ4v) is 5.02. The second-order valence-electron chi connectivity index (χ2n) is 10.2. The van der Waals surface area contributed by atoms with E-state index in [9.17, 15) is 5.11 Å². The highest BCUT2D eigenvalue weighted by atomic mass is 16.3. The fourth-order valence-electron chi connectivity index (χ4n) is 5.02. The molecule has 0 aliphatic carbocycles. The van der Waals surface area contributed by atoms with Crippen LogP contribution in [0.25, 0.3) is 22.3 Å². The third kappa shape index (κ3) is 5.76. The van der Waals surface area contributed by atoms with Gasteiger partial charge in [-0.3, -0.25) is 9.98 Å². The Morgan fingerprint density at radius 2 is 1.07 bits per heavy atom. The summed E-state index contributed by atoms with van der Waals surface area (Å²) < 4.78 is 0. The summed E-state index contributed by atoms with van der Waals surface area (Å²) >= 11 is 0. The summed E-state index contributed by atoms with van der Waals surface area (Å²) in [5, 5.41) is 11.3. The molecular weight excluding hydrogens is 490 g/mol. The van der Waals surface area contributed by atoms with Gasteiger partial charge in [0.25, 0.3) is 0 Å². The van der Waals surface area contributed by atoms with Crippen LogP contribution in [0.2, 0.25) is 0 Å². The van der Waals surface area contributed by atoms with Crippen molar-refractivity contribution in [2.24, 2.45) is 9.98 Å². The second-order valence-corrected chi connectivity index (χ2v) is 10.2. The van der Waals surface area contributed by atoms with Crippen LogP contribution in [0.1, 0.15) is 41.9 Å². The quantitative estimate of drug-likeness (QED) is 0.225. The molecule has 198 valence electrons. The lowest BCUT2D eigenvalue weighted by atomic mass is 9.96. The molecule has 4 nitrogen and oxygen atoms in total. The number of aliphatic imine (C=N–C) groups is 2. The predicted molar refractivity (Wildman–Crippen MR) is 168 cm³/mol. The number of pyridine rings is 1. The molecule has 0 radical (unpaired) electrons. The van der Waals surface area contributed by atoms with Gasteiger partial charge in [-0.2, -0.15) is 0 Å². The highest BCUT2D eigenvalue weighted by molar-refractivity contribution is 6.02. The van der Waals surface area contributed by atoms with Crippen molar-refractivity contribution < 1.29 is 5.11 Å². The summed E-state index contributed by atoms with van der Waals surface area (Å²) in [6.45, 7) is 10.3. The third-order valence-electron chi connectivity index (χ3n) is 6.97. The number of rotatable bonds is 6. The molecule has 0 aliphatic heterocycles. The van der Waals surface area contributed by atoms with Gasteiger partial charge < -0.3 is 5.11 Å². The van der Waals surface area contributed by atoms with Gasteiger partial charge in [-0.05, 0) is 81.1 Å². The molecule has 0 aliphatic rings. The fraction of sp³-hybridized carbons (Fsp3) is 0.139. The van der Waals surface area contributed by atoms with Crippen molar-refractivity contribution >= 4 is 22.8 Å². The summed E-state index contributed by atoms with van der Waals surface area (Å²) in [6, 6.07) is 33.9. The topological polar surface area (TPSA) is 57.8 Å². The standard InChI is InChI=1S/C36H33N3O/c1-23-19-24(2)35(25(3)20-23)38-27(5)34-18-12-17-33(39-34)26(4)37-30-21-31(28-13-8-6-9-14-28)36(40)32(22-30)29-15-10-7-11-16-29/h6-22,40H,1-5H3. The van der Waals surface area contributed by atoms with Crippen molar-refractivity contribution in [2.45, 2.75) is 34.6 Å². The minimum absolute atomic E-state index is 0.239. The van der Waals surface area contributed by atoms with Crippen LogP contribution < -0.4 is 0 Å². The number of aromatic nitrogens is 1. The Hall–Kier alpha value is -4.83. The Morgan fingerprint density at radius 3 is 1.57 bits per heavy atom. The molecule has 1 N–H and O–H groups in total. The molecule has 0 saturated carbocycles. The average Bonchev–Trinajstić information content (AvgIpc) is 2.96. The number of benzene rings is 4. The maximum Gasteiger partial charge on any atom is 0.131 e. The van der Waals surface area contributed by atoms with Crippen LogP contribution >= 0.6 is 0 Å². The molecule has 40 heavy (non-hydrogen) atoms. The molecule has 5 aromatic rings. The van der Waals surface area contributed by atoms with Gasteiger partial charge in [-0.15, -0.1) is 0 Å². The number of aromatic hydroxyl groups is 1. The van der Waals surface area contributed by atoms with E-state index in [-0.39, 0.29) is 5.75 Å². The number of aryl methyl sites for hydroxylation is 3. The van der Waals surface area contributed by atoms with E-state index in [4.69, 9.17) is 15.0 Å². The number of nitrogens with zero attached hydrogens (tertiary/aromatic N) is 3. The van der Waals surface area contributed by atoms with Crippen LogP contribution in [-0.2, 0) is 0 Å². The Balaban J connectivity index is 1.55. The first-order chi connectivity index (χ1) is 19.3. The lowest BCUT2D eigenvalue weighted by Crippen LogP contribution is -2.05. The van der Waals surface area contributed by atoms with Crippen molar-refractivity contribution in [3.05, 3.63) is 131 Å². The van der Waals surface area contributed by atoms with Crippen LogP contribution in [-0.4, -0.2) is 21.5 Å². The van der Waals surface area contributed by atoms with Crippen LogP contribution in [0.4, 0.5) is 11.4 Å². The summed E-state index contributed by atoms with van der Waals surface area (Å²) in [6.07, 6.45) is 0. The van der Waals surface area contributed by atoms with E-state index >= 15 is 0 Å². The SMILES string of the molecule is CC(=Nc1cc(-c2ccccc2)c(O)c(-c2ccccc2)c1)c1cccc(C(C)=Nc2c(C)cc(C)cc2C)n1.